The number of hydrogen-bond acceptors (Lipinski definition) is 3. The third-order valence-electron chi connectivity index (χ3n) is 10.9. The number of hydrogen-bond donors (Lipinski definition) is 0. The minimum absolute atomic E-state index is 0.838. The summed E-state index contributed by atoms with van der Waals surface area (Å²) < 4.78 is 13.2. The normalized spacial score (nSPS) is 11.6. The molecule has 0 spiro atoms. The van der Waals surface area contributed by atoms with Crippen molar-refractivity contribution in [3.63, 3.8) is 0 Å². The molecule has 55 heavy (non-hydrogen) atoms. The van der Waals surface area contributed by atoms with Gasteiger partial charge in [-0.2, -0.15) is 0 Å². The Morgan fingerprint density at radius 3 is 1.53 bits per heavy atom. The van der Waals surface area contributed by atoms with E-state index in [0.717, 1.165) is 77.6 Å². The summed E-state index contributed by atoms with van der Waals surface area (Å²) in [5.41, 5.74) is 13.5. The summed E-state index contributed by atoms with van der Waals surface area (Å²) in [6.45, 7) is 0. The van der Waals surface area contributed by atoms with Crippen molar-refractivity contribution >= 4 is 71.7 Å². The zero-order valence-corrected chi connectivity index (χ0v) is 29.8. The van der Waals surface area contributed by atoms with Gasteiger partial charge in [0.1, 0.15) is 16.7 Å². The van der Waals surface area contributed by atoms with E-state index < -0.39 is 0 Å². The molecule has 0 aliphatic carbocycles. The molecule has 0 saturated heterocycles. The summed E-state index contributed by atoms with van der Waals surface area (Å²) in [6.07, 6.45) is 0. The molecule has 0 fully saturated rings. The molecule has 3 heteroatoms. The molecule has 0 atom stereocenters. The van der Waals surface area contributed by atoms with Crippen LogP contribution in [0.3, 0.4) is 0 Å². The highest BCUT2D eigenvalue weighted by molar-refractivity contribution is 6.14. The summed E-state index contributed by atoms with van der Waals surface area (Å²) in [5.74, 6) is 0. The van der Waals surface area contributed by atoms with E-state index in [4.69, 9.17) is 8.83 Å². The Morgan fingerprint density at radius 1 is 0.291 bits per heavy atom. The Morgan fingerprint density at radius 2 is 0.818 bits per heavy atom. The lowest BCUT2D eigenvalue weighted by Gasteiger charge is -2.26. The maximum absolute atomic E-state index is 6.96. The summed E-state index contributed by atoms with van der Waals surface area (Å²) in [6, 6.07) is 70.8. The Kier molecular flexibility index (Phi) is 7.17. The number of benzene rings is 9. The Hall–Kier alpha value is -7.36. The number of anilines is 3. The molecule has 0 N–H and O–H groups in total. The van der Waals surface area contributed by atoms with Crippen molar-refractivity contribution in [2.24, 2.45) is 0 Å². The second-order valence-corrected chi connectivity index (χ2v) is 14.0. The van der Waals surface area contributed by atoms with Gasteiger partial charge in [0, 0.05) is 38.5 Å². The number of fused-ring (bicyclic) bond motifs is 7. The molecule has 258 valence electrons. The second kappa shape index (κ2) is 12.6. The van der Waals surface area contributed by atoms with E-state index in [1.165, 1.54) is 27.5 Å². The van der Waals surface area contributed by atoms with Gasteiger partial charge in [-0.15, -0.1) is 0 Å². The molecule has 2 aromatic heterocycles. The minimum atomic E-state index is 0.838. The standard InChI is InChI=1S/C52H33NO2/c1-3-13-34(14-4-1)39-30-31-40(43-18-8-7-17-42(39)43)36-25-27-37(28-26-36)53(38-29-32-50-47(33-38)44-19-9-10-24-49(44)54-50)48-23-12-22-46-45-21-11-20-41(51(45)55-52(46)48)35-15-5-2-6-16-35/h1-33H. The van der Waals surface area contributed by atoms with Crippen molar-refractivity contribution in [3.05, 3.63) is 200 Å². The lowest BCUT2D eigenvalue weighted by molar-refractivity contribution is 0.669. The summed E-state index contributed by atoms with van der Waals surface area (Å²) in [7, 11) is 0. The van der Waals surface area contributed by atoms with Crippen LogP contribution in [0.4, 0.5) is 17.1 Å². The van der Waals surface area contributed by atoms with Crippen molar-refractivity contribution in [3.8, 4) is 33.4 Å². The second-order valence-electron chi connectivity index (χ2n) is 14.0. The van der Waals surface area contributed by atoms with Gasteiger partial charge in [0.2, 0.25) is 0 Å². The van der Waals surface area contributed by atoms with Gasteiger partial charge in [0.25, 0.3) is 0 Å². The van der Waals surface area contributed by atoms with E-state index in [2.05, 4.69) is 187 Å². The van der Waals surface area contributed by atoms with Crippen molar-refractivity contribution in [2.75, 3.05) is 4.90 Å². The lowest BCUT2D eigenvalue weighted by Crippen LogP contribution is -2.10. The smallest absolute Gasteiger partial charge is 0.159 e. The van der Waals surface area contributed by atoms with Crippen LogP contribution in [0.2, 0.25) is 0 Å². The van der Waals surface area contributed by atoms with Crippen LogP contribution in [0.15, 0.2) is 209 Å². The van der Waals surface area contributed by atoms with Crippen LogP contribution in [-0.4, -0.2) is 0 Å². The van der Waals surface area contributed by atoms with Gasteiger partial charge in [-0.3, -0.25) is 0 Å². The van der Waals surface area contributed by atoms with Gasteiger partial charge >= 0.3 is 0 Å². The van der Waals surface area contributed by atoms with Gasteiger partial charge in [0.05, 0.1) is 5.69 Å². The van der Waals surface area contributed by atoms with Crippen LogP contribution in [0, 0.1) is 0 Å². The van der Waals surface area contributed by atoms with E-state index in [9.17, 15) is 0 Å². The number of para-hydroxylation sites is 3. The molecule has 11 rings (SSSR count). The summed E-state index contributed by atoms with van der Waals surface area (Å²) in [4.78, 5) is 2.31. The van der Waals surface area contributed by atoms with Crippen molar-refractivity contribution < 1.29 is 8.83 Å². The van der Waals surface area contributed by atoms with Gasteiger partial charge in [-0.25, -0.2) is 0 Å². The van der Waals surface area contributed by atoms with Crippen LogP contribution in [0.1, 0.15) is 0 Å². The van der Waals surface area contributed by atoms with E-state index in [1.807, 2.05) is 18.2 Å². The van der Waals surface area contributed by atoms with Crippen molar-refractivity contribution in [1.29, 1.82) is 0 Å². The molecule has 0 unspecified atom stereocenters. The lowest BCUT2D eigenvalue weighted by atomic mass is 9.92. The average molecular weight is 704 g/mol. The maximum Gasteiger partial charge on any atom is 0.159 e. The minimum Gasteiger partial charge on any atom is -0.456 e. The van der Waals surface area contributed by atoms with Crippen LogP contribution in [-0.2, 0) is 0 Å². The monoisotopic (exact) mass is 703 g/mol. The first-order chi connectivity index (χ1) is 27.3. The van der Waals surface area contributed by atoms with Crippen molar-refractivity contribution in [2.45, 2.75) is 0 Å². The first-order valence-electron chi connectivity index (χ1n) is 18.7. The fourth-order valence-corrected chi connectivity index (χ4v) is 8.32. The van der Waals surface area contributed by atoms with Gasteiger partial charge < -0.3 is 13.7 Å². The fraction of sp³-hybridized carbons (Fsp3) is 0. The van der Waals surface area contributed by atoms with E-state index in [1.54, 1.807) is 0 Å². The van der Waals surface area contributed by atoms with Gasteiger partial charge in [-0.1, -0.05) is 158 Å². The first kappa shape index (κ1) is 31.2. The van der Waals surface area contributed by atoms with Gasteiger partial charge in [0.15, 0.2) is 5.58 Å². The van der Waals surface area contributed by atoms with Crippen molar-refractivity contribution in [1.82, 2.24) is 0 Å². The number of furan rings is 2. The van der Waals surface area contributed by atoms with E-state index >= 15 is 0 Å². The van der Waals surface area contributed by atoms with Crippen LogP contribution >= 0.6 is 0 Å². The molecule has 0 aliphatic heterocycles. The predicted molar refractivity (Wildman–Crippen MR) is 229 cm³/mol. The van der Waals surface area contributed by atoms with Crippen LogP contribution in [0.25, 0.3) is 88.0 Å². The molecular weight excluding hydrogens is 671 g/mol. The molecule has 2 heterocycles. The molecule has 3 nitrogen and oxygen atoms in total. The number of nitrogens with zero attached hydrogens (tertiary/aromatic N) is 1. The topological polar surface area (TPSA) is 29.5 Å². The summed E-state index contributed by atoms with van der Waals surface area (Å²) in [5, 5.41) is 6.80. The molecule has 0 aliphatic rings. The molecular formula is C52H33NO2. The summed E-state index contributed by atoms with van der Waals surface area (Å²) >= 11 is 0. The van der Waals surface area contributed by atoms with E-state index in [0.29, 0.717) is 0 Å². The Labute approximate surface area is 317 Å². The Bertz CT molecular complexity index is 3190. The third kappa shape index (κ3) is 5.13. The predicted octanol–water partition coefficient (Wildman–Crippen LogP) is 15.1. The molecule has 0 saturated carbocycles. The van der Waals surface area contributed by atoms with Crippen LogP contribution in [0.5, 0.6) is 0 Å². The fourth-order valence-electron chi connectivity index (χ4n) is 8.32. The SMILES string of the molecule is c1ccc(-c2ccc(-c3ccc(N(c4ccc5oc6ccccc6c5c4)c4cccc5c4oc4c(-c6ccccc6)cccc45)cc3)c3ccccc23)cc1. The molecule has 9 aromatic carbocycles. The van der Waals surface area contributed by atoms with Gasteiger partial charge in [-0.05, 0) is 81.1 Å². The average Bonchev–Trinajstić information content (AvgIpc) is 3.83. The molecule has 0 bridgehead atoms. The molecule has 11 aromatic rings. The zero-order chi connectivity index (χ0) is 36.3. The van der Waals surface area contributed by atoms with E-state index in [-0.39, 0.29) is 0 Å². The Balaban J connectivity index is 1.10. The molecule has 0 radical (unpaired) electrons. The highest BCUT2D eigenvalue weighted by atomic mass is 16.3. The third-order valence-corrected chi connectivity index (χ3v) is 10.9. The largest absolute Gasteiger partial charge is 0.456 e. The highest BCUT2D eigenvalue weighted by Crippen LogP contribution is 2.46. The molecule has 0 amide bonds. The highest BCUT2D eigenvalue weighted by Gasteiger charge is 2.22. The quantitative estimate of drug-likeness (QED) is 0.173. The maximum atomic E-state index is 6.96. The number of rotatable bonds is 6. The zero-order valence-electron chi connectivity index (χ0n) is 29.8. The first-order valence-corrected chi connectivity index (χ1v) is 18.7. The van der Waals surface area contributed by atoms with Crippen LogP contribution < -0.4 is 4.90 Å².